The molecule has 1 aromatic heterocycles. The first-order valence-corrected chi connectivity index (χ1v) is 7.94. The van der Waals surface area contributed by atoms with E-state index >= 15 is 0 Å². The van der Waals surface area contributed by atoms with Gasteiger partial charge in [-0.25, -0.2) is 0 Å². The lowest BCUT2D eigenvalue weighted by atomic mass is 9.81. The molecule has 118 valence electrons. The lowest BCUT2D eigenvalue weighted by Crippen LogP contribution is -2.37. The molecule has 1 aliphatic carbocycles. The van der Waals surface area contributed by atoms with E-state index in [0.717, 1.165) is 24.2 Å². The Hall–Kier alpha value is -1.96. The zero-order chi connectivity index (χ0) is 16.1. The number of carbonyl (C=O) groups excluding carboxylic acids is 1. The van der Waals surface area contributed by atoms with Crippen molar-refractivity contribution in [3.05, 3.63) is 25.9 Å². The Morgan fingerprint density at radius 3 is 2.82 bits per heavy atom. The van der Waals surface area contributed by atoms with Gasteiger partial charge in [0.25, 0.3) is 11.6 Å². The largest absolute Gasteiger partial charge is 0.481 e. The highest BCUT2D eigenvalue weighted by molar-refractivity contribution is 7.14. The Morgan fingerprint density at radius 1 is 1.55 bits per heavy atom. The van der Waals surface area contributed by atoms with Crippen LogP contribution in [0.15, 0.2) is 6.07 Å². The zero-order valence-corrected chi connectivity index (χ0v) is 12.9. The number of rotatable bonds is 3. The molecule has 1 N–H and O–H groups in total. The van der Waals surface area contributed by atoms with Gasteiger partial charge in [0.1, 0.15) is 0 Å². The summed E-state index contributed by atoms with van der Waals surface area (Å²) in [5.41, 5.74) is -0.880. The quantitative estimate of drug-likeness (QED) is 0.679. The SMILES string of the molecule is Cc1sc(C(=O)N2C[C@@H]3CCC[C@@]3(C(=O)O)C2)cc1[N+](=O)[O-]. The highest BCUT2D eigenvalue weighted by Gasteiger charge is 2.56. The minimum absolute atomic E-state index is 0.00926. The minimum atomic E-state index is -0.835. The summed E-state index contributed by atoms with van der Waals surface area (Å²) in [7, 11) is 0. The molecule has 3 rings (SSSR count). The summed E-state index contributed by atoms with van der Waals surface area (Å²) < 4.78 is 0. The number of carbonyl (C=O) groups is 2. The predicted octanol–water partition coefficient (Wildman–Crippen LogP) is 2.29. The Balaban J connectivity index is 1.84. The number of thiophene rings is 1. The first-order chi connectivity index (χ1) is 10.3. The number of aliphatic carboxylic acids is 1. The van der Waals surface area contributed by atoms with Crippen molar-refractivity contribution in [1.29, 1.82) is 0 Å². The van der Waals surface area contributed by atoms with Gasteiger partial charge in [0.2, 0.25) is 0 Å². The first-order valence-electron chi connectivity index (χ1n) is 7.12. The van der Waals surface area contributed by atoms with Gasteiger partial charge in [-0.15, -0.1) is 11.3 Å². The number of amides is 1. The molecular formula is C14H16N2O5S. The molecule has 1 aromatic rings. The number of hydrogen-bond acceptors (Lipinski definition) is 5. The van der Waals surface area contributed by atoms with Gasteiger partial charge in [-0.3, -0.25) is 19.7 Å². The number of fused-ring (bicyclic) bond motifs is 1. The smallest absolute Gasteiger partial charge is 0.311 e. The first kappa shape index (κ1) is 15.0. The van der Waals surface area contributed by atoms with Crippen LogP contribution in [0.4, 0.5) is 5.69 Å². The van der Waals surface area contributed by atoms with Crippen molar-refractivity contribution >= 4 is 28.9 Å². The van der Waals surface area contributed by atoms with Gasteiger partial charge in [0, 0.05) is 19.2 Å². The summed E-state index contributed by atoms with van der Waals surface area (Å²) in [5.74, 6) is -1.14. The lowest BCUT2D eigenvalue weighted by Gasteiger charge is -2.23. The molecular weight excluding hydrogens is 308 g/mol. The van der Waals surface area contributed by atoms with E-state index in [9.17, 15) is 24.8 Å². The van der Waals surface area contributed by atoms with Crippen molar-refractivity contribution < 1.29 is 19.6 Å². The third-order valence-corrected chi connectivity index (χ3v) is 5.91. The highest BCUT2D eigenvalue weighted by atomic mass is 32.1. The molecule has 2 fully saturated rings. The second kappa shape index (κ2) is 5.05. The van der Waals surface area contributed by atoms with E-state index in [1.165, 1.54) is 6.07 Å². The Bertz CT molecular complexity index is 670. The van der Waals surface area contributed by atoms with E-state index in [1.807, 2.05) is 0 Å². The number of carboxylic acids is 1. The second-order valence-corrected chi connectivity index (χ2v) is 7.30. The van der Waals surface area contributed by atoms with Gasteiger partial charge in [0.05, 0.1) is 20.1 Å². The van der Waals surface area contributed by atoms with Gasteiger partial charge in [0.15, 0.2) is 0 Å². The molecule has 22 heavy (non-hydrogen) atoms. The Kier molecular flexibility index (Phi) is 3.43. The van der Waals surface area contributed by atoms with Crippen LogP contribution < -0.4 is 0 Å². The maximum absolute atomic E-state index is 12.6. The van der Waals surface area contributed by atoms with Gasteiger partial charge in [-0.05, 0) is 25.7 Å². The second-order valence-electron chi connectivity index (χ2n) is 6.05. The molecule has 2 aliphatic rings. The van der Waals surface area contributed by atoms with Crippen LogP contribution >= 0.6 is 11.3 Å². The van der Waals surface area contributed by atoms with Crippen LogP contribution in [-0.4, -0.2) is 39.9 Å². The average Bonchev–Trinajstić information content (AvgIpc) is 3.08. The van der Waals surface area contributed by atoms with Crippen molar-refractivity contribution in [2.24, 2.45) is 11.3 Å². The van der Waals surface area contributed by atoms with Crippen molar-refractivity contribution in [2.45, 2.75) is 26.2 Å². The van der Waals surface area contributed by atoms with Gasteiger partial charge in [-0.2, -0.15) is 0 Å². The van der Waals surface area contributed by atoms with E-state index in [1.54, 1.807) is 11.8 Å². The summed E-state index contributed by atoms with van der Waals surface area (Å²) in [6.07, 6.45) is 2.29. The van der Waals surface area contributed by atoms with E-state index in [2.05, 4.69) is 0 Å². The highest BCUT2D eigenvalue weighted by Crippen LogP contribution is 2.49. The number of aryl methyl sites for hydroxylation is 1. The van der Waals surface area contributed by atoms with Crippen molar-refractivity contribution in [3.8, 4) is 0 Å². The number of hydrogen-bond donors (Lipinski definition) is 1. The molecule has 1 aliphatic heterocycles. The lowest BCUT2D eigenvalue weighted by molar-refractivity contribution is -0.385. The monoisotopic (exact) mass is 324 g/mol. The molecule has 7 nitrogen and oxygen atoms in total. The van der Waals surface area contributed by atoms with E-state index in [4.69, 9.17) is 0 Å². The fourth-order valence-electron chi connectivity index (χ4n) is 3.71. The van der Waals surface area contributed by atoms with E-state index in [-0.39, 0.29) is 24.1 Å². The van der Waals surface area contributed by atoms with Crippen molar-refractivity contribution in [2.75, 3.05) is 13.1 Å². The van der Waals surface area contributed by atoms with E-state index < -0.39 is 16.3 Å². The summed E-state index contributed by atoms with van der Waals surface area (Å²) in [6.45, 7) is 2.24. The molecule has 0 bridgehead atoms. The summed E-state index contributed by atoms with van der Waals surface area (Å²) >= 11 is 1.09. The Labute approximate surface area is 130 Å². The third-order valence-electron chi connectivity index (χ3n) is 4.88. The zero-order valence-electron chi connectivity index (χ0n) is 12.1. The van der Waals surface area contributed by atoms with Gasteiger partial charge in [-0.1, -0.05) is 6.42 Å². The fraction of sp³-hybridized carbons (Fsp3) is 0.571. The Morgan fingerprint density at radius 2 is 2.27 bits per heavy atom. The van der Waals surface area contributed by atoms with Crippen LogP contribution in [0.2, 0.25) is 0 Å². The topological polar surface area (TPSA) is 101 Å². The molecule has 8 heteroatoms. The summed E-state index contributed by atoms with van der Waals surface area (Å²) in [5, 5.41) is 20.4. The van der Waals surface area contributed by atoms with Crippen LogP contribution in [0.1, 0.15) is 33.8 Å². The van der Waals surface area contributed by atoms with Crippen LogP contribution in [0.5, 0.6) is 0 Å². The van der Waals surface area contributed by atoms with Gasteiger partial charge >= 0.3 is 5.97 Å². The molecule has 2 heterocycles. The summed E-state index contributed by atoms with van der Waals surface area (Å²) in [6, 6.07) is 1.30. The molecule has 1 saturated heterocycles. The number of nitro groups is 1. The molecule has 0 radical (unpaired) electrons. The van der Waals surface area contributed by atoms with Crippen LogP contribution in [-0.2, 0) is 4.79 Å². The molecule has 2 atom stereocenters. The fourth-order valence-corrected chi connectivity index (χ4v) is 4.66. The average molecular weight is 324 g/mol. The molecule has 0 spiro atoms. The predicted molar refractivity (Wildman–Crippen MR) is 79.0 cm³/mol. The van der Waals surface area contributed by atoms with Gasteiger partial charge < -0.3 is 10.0 Å². The molecule has 1 amide bonds. The molecule has 0 unspecified atom stereocenters. The van der Waals surface area contributed by atoms with Crippen LogP contribution in [0.3, 0.4) is 0 Å². The minimum Gasteiger partial charge on any atom is -0.481 e. The maximum Gasteiger partial charge on any atom is 0.311 e. The number of nitrogens with zero attached hydrogens (tertiary/aromatic N) is 2. The van der Waals surface area contributed by atoms with E-state index in [0.29, 0.717) is 22.7 Å². The van der Waals surface area contributed by atoms with Crippen molar-refractivity contribution in [1.82, 2.24) is 4.90 Å². The standard InChI is InChI=1S/C14H16N2O5S/c1-8-10(16(20)21)5-11(22-8)12(17)15-6-9-3-2-4-14(9,7-15)13(18)19/h5,9H,2-4,6-7H2,1H3,(H,18,19)/t9-,14+/m0/s1. The normalized spacial score (nSPS) is 27.0. The summed E-state index contributed by atoms with van der Waals surface area (Å²) in [4.78, 5) is 36.9. The molecule has 0 aromatic carbocycles. The van der Waals surface area contributed by atoms with Crippen LogP contribution in [0, 0.1) is 28.4 Å². The number of likely N-dealkylation sites (tertiary alicyclic amines) is 1. The third kappa shape index (κ3) is 2.09. The maximum atomic E-state index is 12.6. The molecule has 1 saturated carbocycles. The van der Waals surface area contributed by atoms with Crippen LogP contribution in [0.25, 0.3) is 0 Å². The number of carboxylic acid groups (broad SMARTS) is 1. The van der Waals surface area contributed by atoms with Crippen molar-refractivity contribution in [3.63, 3.8) is 0 Å².